The van der Waals surface area contributed by atoms with E-state index in [0.717, 1.165) is 6.07 Å². The summed E-state index contributed by atoms with van der Waals surface area (Å²) in [6.45, 7) is 2.83. The van der Waals surface area contributed by atoms with E-state index in [1.807, 2.05) is 6.92 Å². The number of tetrazole rings is 1. The van der Waals surface area contributed by atoms with Crippen LogP contribution in [0.25, 0.3) is 0 Å². The minimum absolute atomic E-state index is 0.0683. The van der Waals surface area contributed by atoms with Gasteiger partial charge in [0.05, 0.1) is 12.1 Å². The molecular formula is C20H20ClF2N7O2. The van der Waals surface area contributed by atoms with Gasteiger partial charge >= 0.3 is 5.69 Å². The molecule has 1 aliphatic heterocycles. The second kappa shape index (κ2) is 9.11. The zero-order chi connectivity index (χ0) is 22.8. The fraction of sp³-hybridized carbons (Fsp3) is 0.400. The van der Waals surface area contributed by atoms with Crippen molar-refractivity contribution >= 4 is 22.6 Å². The first kappa shape index (κ1) is 22.0. The zero-order valence-electron chi connectivity index (χ0n) is 17.3. The van der Waals surface area contributed by atoms with Crippen LogP contribution in [0.5, 0.6) is 0 Å². The van der Waals surface area contributed by atoms with Gasteiger partial charge in [-0.3, -0.25) is 13.9 Å². The molecule has 0 unspecified atom stereocenters. The molecule has 0 radical (unpaired) electrons. The fourth-order valence-electron chi connectivity index (χ4n) is 3.60. The molecule has 0 aliphatic carbocycles. The maximum absolute atomic E-state index is 13.8. The Kier molecular flexibility index (Phi) is 6.26. The van der Waals surface area contributed by atoms with Crippen LogP contribution >= 0.6 is 11.6 Å². The molecule has 0 amide bonds. The van der Waals surface area contributed by atoms with Crippen molar-refractivity contribution < 1.29 is 8.78 Å². The highest BCUT2D eigenvalue weighted by Crippen LogP contribution is 2.24. The molecule has 0 atom stereocenters. The van der Waals surface area contributed by atoms with Crippen molar-refractivity contribution in [3.63, 3.8) is 0 Å². The van der Waals surface area contributed by atoms with Crippen molar-refractivity contribution in [1.82, 2.24) is 29.3 Å². The van der Waals surface area contributed by atoms with Gasteiger partial charge in [-0.2, -0.15) is 4.80 Å². The van der Waals surface area contributed by atoms with Crippen molar-refractivity contribution in [2.45, 2.75) is 52.2 Å². The molecule has 12 heteroatoms. The van der Waals surface area contributed by atoms with E-state index < -0.39 is 22.9 Å². The average molecular weight is 464 g/mol. The van der Waals surface area contributed by atoms with Crippen LogP contribution in [0.2, 0.25) is 0 Å². The highest BCUT2D eigenvalue weighted by atomic mass is 35.5. The lowest BCUT2D eigenvalue weighted by Crippen LogP contribution is -2.41. The molecule has 32 heavy (non-hydrogen) atoms. The second-order valence-corrected chi connectivity index (χ2v) is 7.86. The summed E-state index contributed by atoms with van der Waals surface area (Å²) in [6.07, 6.45) is 1.39. The molecule has 0 N–H and O–H groups in total. The summed E-state index contributed by atoms with van der Waals surface area (Å²) in [6, 6.07) is 3.31. The highest BCUT2D eigenvalue weighted by molar-refractivity contribution is 6.66. The van der Waals surface area contributed by atoms with Crippen molar-refractivity contribution in [3.8, 4) is 0 Å². The Hall–Kier alpha value is -3.21. The van der Waals surface area contributed by atoms with E-state index >= 15 is 0 Å². The van der Waals surface area contributed by atoms with Gasteiger partial charge in [0.2, 0.25) is 0 Å². The number of hydrogen-bond donors (Lipinski definition) is 0. The van der Waals surface area contributed by atoms with Crippen LogP contribution in [0.1, 0.15) is 36.7 Å². The lowest BCUT2D eigenvalue weighted by atomic mass is 10.1. The van der Waals surface area contributed by atoms with Gasteiger partial charge in [0.25, 0.3) is 5.56 Å². The lowest BCUT2D eigenvalue weighted by Gasteiger charge is -2.13. The Bertz CT molecular complexity index is 1310. The van der Waals surface area contributed by atoms with E-state index in [1.165, 1.54) is 26.1 Å². The van der Waals surface area contributed by atoms with Gasteiger partial charge < -0.3 is 0 Å². The molecule has 0 saturated heterocycles. The molecule has 168 valence electrons. The number of aromatic nitrogens is 6. The lowest BCUT2D eigenvalue weighted by molar-refractivity contribution is 0.449. The second-order valence-electron chi connectivity index (χ2n) is 7.43. The first-order valence-corrected chi connectivity index (χ1v) is 10.6. The number of rotatable bonds is 8. The molecular weight excluding hydrogens is 444 g/mol. The van der Waals surface area contributed by atoms with Crippen LogP contribution in [0.15, 0.2) is 32.8 Å². The van der Waals surface area contributed by atoms with Crippen molar-refractivity contribution in [3.05, 3.63) is 67.6 Å². The first-order valence-electron chi connectivity index (χ1n) is 10.2. The average Bonchev–Trinajstić information content (AvgIpc) is 3.36. The molecule has 2 aromatic heterocycles. The van der Waals surface area contributed by atoms with E-state index in [2.05, 4.69) is 20.4 Å². The summed E-state index contributed by atoms with van der Waals surface area (Å²) in [4.78, 5) is 31.1. The smallest absolute Gasteiger partial charge is 0.278 e. The topological polar surface area (TPSA) is 100.0 Å². The third-order valence-electron chi connectivity index (χ3n) is 5.09. The van der Waals surface area contributed by atoms with E-state index in [0.29, 0.717) is 37.3 Å². The molecule has 1 aromatic carbocycles. The van der Waals surface area contributed by atoms with Gasteiger partial charge in [-0.1, -0.05) is 24.6 Å². The number of benzene rings is 1. The summed E-state index contributed by atoms with van der Waals surface area (Å²) in [7, 11) is 0. The Morgan fingerprint density at radius 1 is 1.12 bits per heavy atom. The van der Waals surface area contributed by atoms with Crippen LogP contribution in [-0.4, -0.2) is 34.5 Å². The minimum Gasteiger partial charge on any atom is -0.278 e. The molecule has 0 spiro atoms. The number of aliphatic imine (C=N–C) groups is 1. The molecule has 0 saturated carbocycles. The third kappa shape index (κ3) is 4.38. The van der Waals surface area contributed by atoms with E-state index in [-0.39, 0.29) is 35.9 Å². The predicted octanol–water partition coefficient (Wildman–Crippen LogP) is 2.19. The molecule has 0 fully saturated rings. The Labute approximate surface area is 186 Å². The minimum atomic E-state index is -0.676. The highest BCUT2D eigenvalue weighted by Gasteiger charge is 2.24. The maximum Gasteiger partial charge on any atom is 0.332 e. The van der Waals surface area contributed by atoms with E-state index in [4.69, 9.17) is 11.6 Å². The number of fused-ring (bicyclic) bond motifs is 1. The summed E-state index contributed by atoms with van der Waals surface area (Å²) >= 11 is 6.01. The fourth-order valence-corrected chi connectivity index (χ4v) is 3.81. The van der Waals surface area contributed by atoms with Crippen LogP contribution in [0, 0.1) is 11.6 Å². The predicted molar refractivity (Wildman–Crippen MR) is 114 cm³/mol. The number of halogens is 3. The van der Waals surface area contributed by atoms with Crippen LogP contribution in [0.3, 0.4) is 0 Å². The summed E-state index contributed by atoms with van der Waals surface area (Å²) < 4.78 is 29.5. The number of aryl methyl sites for hydroxylation is 1. The largest absolute Gasteiger partial charge is 0.332 e. The molecule has 1 aliphatic rings. The number of hydrogen-bond acceptors (Lipinski definition) is 6. The van der Waals surface area contributed by atoms with Gasteiger partial charge in [-0.05, 0) is 29.7 Å². The number of nitrogens with zero attached hydrogens (tertiary/aromatic N) is 7. The Balaban J connectivity index is 1.46. The molecule has 0 bridgehead atoms. The SMILES string of the molecule is CCCn1c2c(c(=O)n(CCCn3nnc(Cc4ccc(F)cc4F)n3)c1=O)CC(Cl)=N2. The third-order valence-corrected chi connectivity index (χ3v) is 5.30. The molecule has 9 nitrogen and oxygen atoms in total. The summed E-state index contributed by atoms with van der Waals surface area (Å²) in [5, 5.41) is 12.3. The Morgan fingerprint density at radius 2 is 1.94 bits per heavy atom. The Morgan fingerprint density at radius 3 is 2.69 bits per heavy atom. The van der Waals surface area contributed by atoms with Crippen molar-refractivity contribution in [2.24, 2.45) is 4.99 Å². The van der Waals surface area contributed by atoms with Gasteiger partial charge in [-0.15, -0.1) is 10.2 Å². The molecule has 3 aromatic rings. The van der Waals surface area contributed by atoms with Gasteiger partial charge in [0.1, 0.15) is 22.6 Å². The zero-order valence-corrected chi connectivity index (χ0v) is 18.0. The summed E-state index contributed by atoms with van der Waals surface area (Å²) in [5.74, 6) is -0.706. The monoisotopic (exact) mass is 463 g/mol. The molecule has 3 heterocycles. The summed E-state index contributed by atoms with van der Waals surface area (Å²) in [5.41, 5.74) is -0.140. The first-order chi connectivity index (χ1) is 15.4. The van der Waals surface area contributed by atoms with Gasteiger partial charge in [0.15, 0.2) is 5.82 Å². The standard InChI is InChI=1S/C20H20ClF2N7O2/c1-2-6-28-18-14(11-16(21)24-18)19(31)29(20(28)32)7-3-8-30-26-17(25-27-30)9-12-4-5-13(22)10-15(12)23/h4-5,10H,2-3,6-9,11H2,1H3. The van der Waals surface area contributed by atoms with E-state index in [1.54, 1.807) is 0 Å². The maximum atomic E-state index is 13.8. The quantitative estimate of drug-likeness (QED) is 0.510. The molecule has 4 rings (SSSR count). The van der Waals surface area contributed by atoms with Gasteiger partial charge in [0, 0.05) is 32.0 Å². The van der Waals surface area contributed by atoms with Crippen molar-refractivity contribution in [1.29, 1.82) is 0 Å². The van der Waals surface area contributed by atoms with Crippen molar-refractivity contribution in [2.75, 3.05) is 0 Å². The van der Waals surface area contributed by atoms with Gasteiger partial charge in [-0.25, -0.2) is 18.6 Å². The van der Waals surface area contributed by atoms with E-state index in [9.17, 15) is 18.4 Å². The van der Waals surface area contributed by atoms with Crippen LogP contribution in [-0.2, 0) is 32.5 Å². The van der Waals surface area contributed by atoms with Crippen LogP contribution < -0.4 is 11.2 Å². The van der Waals surface area contributed by atoms with Crippen LogP contribution in [0.4, 0.5) is 14.6 Å². The normalized spacial score (nSPS) is 12.8.